The van der Waals surface area contributed by atoms with Crippen LogP contribution in [0.5, 0.6) is 11.8 Å². The first kappa shape index (κ1) is 26.1. The van der Waals surface area contributed by atoms with E-state index in [0.29, 0.717) is 17.4 Å². The van der Waals surface area contributed by atoms with Gasteiger partial charge >= 0.3 is 6.01 Å². The molecule has 2 rings (SSSR count). The van der Waals surface area contributed by atoms with Crippen molar-refractivity contribution in [2.24, 2.45) is 0 Å². The Labute approximate surface area is 195 Å². The highest BCUT2D eigenvalue weighted by atomic mass is 16.5. The number of methoxy groups -OCH3 is 1. The molecular weight excluding hydrogens is 398 g/mol. The number of benzene rings is 1. The SMILES string of the molecule is CCCCCCCCCCCCCCCCCc1nc(OC)nc(-c2ccccc2O)n1. The zero-order valence-electron chi connectivity index (χ0n) is 20.3. The summed E-state index contributed by atoms with van der Waals surface area (Å²) in [6.45, 7) is 2.28. The smallest absolute Gasteiger partial charge is 0.319 e. The van der Waals surface area contributed by atoms with E-state index in [0.717, 1.165) is 18.7 Å². The molecule has 0 spiro atoms. The molecule has 0 radical (unpaired) electrons. The fourth-order valence-electron chi connectivity index (χ4n) is 4.04. The van der Waals surface area contributed by atoms with E-state index in [9.17, 15) is 5.11 Å². The minimum absolute atomic E-state index is 0.165. The number of unbranched alkanes of at least 4 members (excludes halogenated alkanes) is 14. The predicted octanol–water partition coefficient (Wildman–Crippen LogP) is 7.67. The molecule has 0 bridgehead atoms. The van der Waals surface area contributed by atoms with Crippen molar-refractivity contribution in [2.45, 2.75) is 110 Å². The standard InChI is InChI=1S/C27H43N3O2/c1-3-4-5-6-7-8-9-10-11-12-13-14-15-16-17-22-25-28-26(30-27(29-25)32-2)23-20-18-19-21-24(23)31/h18-21,31H,3-17,22H2,1-2H3. The summed E-state index contributed by atoms with van der Waals surface area (Å²) in [7, 11) is 1.56. The van der Waals surface area contributed by atoms with E-state index in [1.165, 1.54) is 89.9 Å². The van der Waals surface area contributed by atoms with E-state index < -0.39 is 0 Å². The van der Waals surface area contributed by atoms with Crippen LogP contribution >= 0.6 is 0 Å². The lowest BCUT2D eigenvalue weighted by atomic mass is 10.0. The summed E-state index contributed by atoms with van der Waals surface area (Å²) in [5, 5.41) is 10.1. The van der Waals surface area contributed by atoms with Gasteiger partial charge in [-0.05, 0) is 18.6 Å². The highest BCUT2D eigenvalue weighted by Crippen LogP contribution is 2.26. The van der Waals surface area contributed by atoms with Crippen LogP contribution in [0, 0.1) is 0 Å². The molecule has 32 heavy (non-hydrogen) atoms. The zero-order chi connectivity index (χ0) is 22.9. The Balaban J connectivity index is 1.56. The lowest BCUT2D eigenvalue weighted by molar-refractivity contribution is 0.375. The molecule has 1 heterocycles. The van der Waals surface area contributed by atoms with Crippen molar-refractivity contribution >= 4 is 0 Å². The van der Waals surface area contributed by atoms with Crippen molar-refractivity contribution in [2.75, 3.05) is 7.11 Å². The number of ether oxygens (including phenoxy) is 1. The first-order valence-electron chi connectivity index (χ1n) is 12.8. The quantitative estimate of drug-likeness (QED) is 0.240. The van der Waals surface area contributed by atoms with Gasteiger partial charge in [-0.2, -0.15) is 9.97 Å². The van der Waals surface area contributed by atoms with Crippen molar-refractivity contribution in [1.82, 2.24) is 15.0 Å². The van der Waals surface area contributed by atoms with Gasteiger partial charge in [0.1, 0.15) is 11.6 Å². The third-order valence-corrected chi connectivity index (χ3v) is 5.99. The van der Waals surface area contributed by atoms with Crippen LogP contribution in [-0.2, 0) is 6.42 Å². The van der Waals surface area contributed by atoms with Crippen molar-refractivity contribution in [3.8, 4) is 23.1 Å². The van der Waals surface area contributed by atoms with Crippen LogP contribution in [-0.4, -0.2) is 27.2 Å². The highest BCUT2D eigenvalue weighted by molar-refractivity contribution is 5.63. The Morgan fingerprint density at radius 2 is 1.22 bits per heavy atom. The number of phenols is 1. The lowest BCUT2D eigenvalue weighted by Gasteiger charge is -2.08. The van der Waals surface area contributed by atoms with Crippen LogP contribution in [0.1, 0.15) is 109 Å². The number of rotatable bonds is 18. The molecule has 0 fully saturated rings. The average molecular weight is 442 g/mol. The maximum Gasteiger partial charge on any atom is 0.319 e. The van der Waals surface area contributed by atoms with Gasteiger partial charge in [-0.25, -0.2) is 4.98 Å². The zero-order valence-corrected chi connectivity index (χ0v) is 20.3. The summed E-state index contributed by atoms with van der Waals surface area (Å²) >= 11 is 0. The number of hydrogen-bond acceptors (Lipinski definition) is 5. The molecule has 0 aliphatic rings. The monoisotopic (exact) mass is 441 g/mol. The summed E-state index contributed by atoms with van der Waals surface area (Å²) in [5.41, 5.74) is 0.603. The van der Waals surface area contributed by atoms with Crippen molar-refractivity contribution in [3.63, 3.8) is 0 Å². The Morgan fingerprint density at radius 3 is 1.75 bits per heavy atom. The second-order valence-electron chi connectivity index (χ2n) is 8.78. The van der Waals surface area contributed by atoms with Crippen molar-refractivity contribution in [3.05, 3.63) is 30.1 Å². The number of hydrogen-bond donors (Lipinski definition) is 1. The average Bonchev–Trinajstić information content (AvgIpc) is 2.81. The van der Waals surface area contributed by atoms with Crippen LogP contribution in [0.3, 0.4) is 0 Å². The molecular formula is C27H43N3O2. The fraction of sp³-hybridized carbons (Fsp3) is 0.667. The van der Waals surface area contributed by atoms with Crippen molar-refractivity contribution in [1.29, 1.82) is 0 Å². The molecule has 1 aromatic carbocycles. The highest BCUT2D eigenvalue weighted by Gasteiger charge is 2.11. The minimum atomic E-state index is 0.165. The second-order valence-corrected chi connectivity index (χ2v) is 8.78. The summed E-state index contributed by atoms with van der Waals surface area (Å²) < 4.78 is 5.24. The molecule has 2 aromatic rings. The Bertz CT molecular complexity index is 751. The molecule has 0 unspecified atom stereocenters. The third kappa shape index (κ3) is 10.4. The van der Waals surface area contributed by atoms with Gasteiger partial charge in [0.05, 0.1) is 12.7 Å². The van der Waals surface area contributed by atoms with Gasteiger partial charge in [0.25, 0.3) is 0 Å². The number of aromatic hydroxyl groups is 1. The molecule has 0 aliphatic heterocycles. The van der Waals surface area contributed by atoms with E-state index >= 15 is 0 Å². The number of nitrogens with zero attached hydrogens (tertiary/aromatic N) is 3. The van der Waals surface area contributed by atoms with Crippen LogP contribution in [0.4, 0.5) is 0 Å². The Kier molecular flexibility index (Phi) is 13.4. The van der Waals surface area contributed by atoms with Crippen LogP contribution in [0.25, 0.3) is 11.4 Å². The van der Waals surface area contributed by atoms with Gasteiger partial charge in [0.2, 0.25) is 0 Å². The first-order chi connectivity index (χ1) is 15.7. The van der Waals surface area contributed by atoms with Gasteiger partial charge in [-0.1, -0.05) is 109 Å². The molecule has 178 valence electrons. The summed E-state index contributed by atoms with van der Waals surface area (Å²) in [6.07, 6.45) is 21.1. The normalized spacial score (nSPS) is 11.1. The number of para-hydroxylation sites is 1. The topological polar surface area (TPSA) is 68.1 Å². The molecule has 5 heteroatoms. The van der Waals surface area contributed by atoms with E-state index in [-0.39, 0.29) is 5.75 Å². The predicted molar refractivity (Wildman–Crippen MR) is 132 cm³/mol. The lowest BCUT2D eigenvalue weighted by Crippen LogP contribution is -2.03. The molecule has 0 aliphatic carbocycles. The Morgan fingerprint density at radius 1 is 0.688 bits per heavy atom. The largest absolute Gasteiger partial charge is 0.507 e. The molecule has 0 saturated heterocycles. The van der Waals surface area contributed by atoms with Gasteiger partial charge in [0, 0.05) is 6.42 Å². The number of aromatic nitrogens is 3. The van der Waals surface area contributed by atoms with Gasteiger partial charge < -0.3 is 9.84 Å². The van der Waals surface area contributed by atoms with Crippen molar-refractivity contribution < 1.29 is 9.84 Å². The number of phenolic OH excluding ortho intramolecular Hbond substituents is 1. The molecule has 5 nitrogen and oxygen atoms in total. The van der Waals surface area contributed by atoms with E-state index in [1.54, 1.807) is 19.2 Å². The summed E-state index contributed by atoms with van der Waals surface area (Å²) in [5.74, 6) is 1.36. The molecule has 0 saturated carbocycles. The Hall–Kier alpha value is -2.17. The van der Waals surface area contributed by atoms with Crippen LogP contribution in [0.2, 0.25) is 0 Å². The minimum Gasteiger partial charge on any atom is -0.507 e. The van der Waals surface area contributed by atoms with Gasteiger partial charge in [0.15, 0.2) is 5.82 Å². The summed E-state index contributed by atoms with van der Waals surface area (Å²) in [6, 6.07) is 7.39. The third-order valence-electron chi connectivity index (χ3n) is 5.99. The molecule has 0 atom stereocenters. The second kappa shape index (κ2) is 16.5. The molecule has 1 aromatic heterocycles. The van der Waals surface area contributed by atoms with Gasteiger partial charge in [-0.3, -0.25) is 0 Å². The van der Waals surface area contributed by atoms with E-state index in [1.807, 2.05) is 12.1 Å². The first-order valence-corrected chi connectivity index (χ1v) is 12.8. The van der Waals surface area contributed by atoms with Gasteiger partial charge in [-0.15, -0.1) is 0 Å². The maximum absolute atomic E-state index is 10.1. The molecule has 1 N–H and O–H groups in total. The van der Waals surface area contributed by atoms with E-state index in [2.05, 4.69) is 21.9 Å². The molecule has 0 amide bonds. The van der Waals surface area contributed by atoms with Crippen LogP contribution in [0.15, 0.2) is 24.3 Å². The van der Waals surface area contributed by atoms with Crippen LogP contribution < -0.4 is 4.74 Å². The maximum atomic E-state index is 10.1. The fourth-order valence-corrected chi connectivity index (χ4v) is 4.04. The number of aryl methyl sites for hydroxylation is 1. The summed E-state index contributed by atoms with van der Waals surface area (Å²) in [4.78, 5) is 13.2. The van der Waals surface area contributed by atoms with E-state index in [4.69, 9.17) is 4.74 Å².